The highest BCUT2D eigenvalue weighted by Gasteiger charge is 2.20. The van der Waals surface area contributed by atoms with Gasteiger partial charge in [0.05, 0.1) is 17.2 Å². The fourth-order valence-electron chi connectivity index (χ4n) is 4.92. The summed E-state index contributed by atoms with van der Waals surface area (Å²) in [4.78, 5) is 0. The summed E-state index contributed by atoms with van der Waals surface area (Å²) in [5.41, 5.74) is 8.57. The lowest BCUT2D eigenvalue weighted by molar-refractivity contribution is -0.660. The predicted octanol–water partition coefficient (Wildman–Crippen LogP) is 7.73. The van der Waals surface area contributed by atoms with Gasteiger partial charge >= 0.3 is 0 Å². The van der Waals surface area contributed by atoms with E-state index in [1.54, 1.807) is 6.20 Å². The zero-order chi connectivity index (χ0) is 24.8. The van der Waals surface area contributed by atoms with E-state index in [1.807, 2.05) is 67.1 Å². The molecule has 0 aliphatic rings. The standard InChI is InChI=1S/C32H22FN2O/c1-20-16-28-26-13-12-24(19-34)31(23-10-8-22(9-11-23)21-6-4-3-5-7-21)32(26)36-30(28)18-27(20)29-17-25(33)14-15-35(29)2/h3-18H,1-2H3/q+1. The van der Waals surface area contributed by atoms with Gasteiger partial charge in [0.15, 0.2) is 6.20 Å². The Labute approximate surface area is 208 Å². The molecule has 0 saturated heterocycles. The molecule has 0 atom stereocenters. The molecule has 2 heterocycles. The van der Waals surface area contributed by atoms with E-state index in [0.717, 1.165) is 49.8 Å². The van der Waals surface area contributed by atoms with Crippen LogP contribution in [0.3, 0.4) is 0 Å². The number of benzene rings is 4. The molecule has 172 valence electrons. The highest BCUT2D eigenvalue weighted by atomic mass is 19.1. The van der Waals surface area contributed by atoms with Gasteiger partial charge in [-0.1, -0.05) is 54.6 Å². The monoisotopic (exact) mass is 469 g/mol. The number of furan rings is 1. The van der Waals surface area contributed by atoms with Gasteiger partial charge in [0.1, 0.15) is 24.0 Å². The third kappa shape index (κ3) is 3.54. The van der Waals surface area contributed by atoms with Gasteiger partial charge in [-0.05, 0) is 53.4 Å². The molecular formula is C32H22FN2O+. The summed E-state index contributed by atoms with van der Waals surface area (Å²) >= 11 is 0. The van der Waals surface area contributed by atoms with Crippen molar-refractivity contribution in [2.24, 2.45) is 7.05 Å². The van der Waals surface area contributed by atoms with Crippen LogP contribution in [0.25, 0.3) is 55.4 Å². The van der Waals surface area contributed by atoms with Gasteiger partial charge in [-0.15, -0.1) is 0 Å². The van der Waals surface area contributed by atoms with Crippen LogP contribution in [-0.2, 0) is 7.05 Å². The van der Waals surface area contributed by atoms with Crippen LogP contribution in [0.4, 0.5) is 4.39 Å². The van der Waals surface area contributed by atoms with E-state index in [1.165, 1.54) is 12.1 Å². The van der Waals surface area contributed by atoms with E-state index in [9.17, 15) is 9.65 Å². The normalized spacial score (nSPS) is 11.2. The van der Waals surface area contributed by atoms with Crippen molar-refractivity contribution in [3.63, 3.8) is 0 Å². The zero-order valence-corrected chi connectivity index (χ0v) is 19.9. The fraction of sp³-hybridized carbons (Fsp3) is 0.0625. The smallest absolute Gasteiger partial charge is 0.215 e. The number of nitrogens with zero attached hydrogens (tertiary/aromatic N) is 2. The predicted molar refractivity (Wildman–Crippen MR) is 141 cm³/mol. The second-order valence-electron chi connectivity index (χ2n) is 9.03. The first-order valence-electron chi connectivity index (χ1n) is 11.7. The van der Waals surface area contributed by atoms with Crippen molar-refractivity contribution >= 4 is 21.9 Å². The van der Waals surface area contributed by atoms with Gasteiger partial charge in [-0.3, -0.25) is 0 Å². The van der Waals surface area contributed by atoms with E-state index >= 15 is 0 Å². The quantitative estimate of drug-likeness (QED) is 0.249. The maximum absolute atomic E-state index is 14.0. The first-order valence-corrected chi connectivity index (χ1v) is 11.7. The molecule has 0 spiro atoms. The second kappa shape index (κ2) is 8.48. The number of hydrogen-bond donors (Lipinski definition) is 0. The Morgan fingerprint density at radius 3 is 2.28 bits per heavy atom. The SMILES string of the molecule is Cc1cc2c(cc1-c1cc(F)cc[n+]1C)oc1c(-c3ccc(-c4ccccc4)cc3)c(C#N)ccc12. The first kappa shape index (κ1) is 21.8. The maximum Gasteiger partial charge on any atom is 0.215 e. The lowest BCUT2D eigenvalue weighted by Gasteiger charge is -2.07. The van der Waals surface area contributed by atoms with Gasteiger partial charge in [0.25, 0.3) is 0 Å². The van der Waals surface area contributed by atoms with E-state index in [2.05, 4.69) is 36.4 Å². The Bertz CT molecular complexity index is 1810. The molecule has 0 N–H and O–H groups in total. The highest BCUT2D eigenvalue weighted by molar-refractivity contribution is 6.11. The summed E-state index contributed by atoms with van der Waals surface area (Å²) in [6.07, 6.45) is 1.71. The minimum Gasteiger partial charge on any atom is -0.455 e. The minimum absolute atomic E-state index is 0.285. The largest absolute Gasteiger partial charge is 0.455 e. The molecule has 4 aromatic carbocycles. The molecule has 6 aromatic rings. The second-order valence-corrected chi connectivity index (χ2v) is 9.03. The van der Waals surface area contributed by atoms with Crippen LogP contribution in [0, 0.1) is 24.1 Å². The summed E-state index contributed by atoms with van der Waals surface area (Å²) in [6.45, 7) is 2.02. The lowest BCUT2D eigenvalue weighted by Crippen LogP contribution is -2.30. The molecule has 0 saturated carbocycles. The van der Waals surface area contributed by atoms with E-state index in [0.29, 0.717) is 16.7 Å². The Morgan fingerprint density at radius 1 is 0.806 bits per heavy atom. The van der Waals surface area contributed by atoms with Crippen molar-refractivity contribution in [1.82, 2.24) is 0 Å². The molecule has 36 heavy (non-hydrogen) atoms. The first-order chi connectivity index (χ1) is 17.5. The van der Waals surface area contributed by atoms with Gasteiger partial charge in [-0.2, -0.15) is 5.26 Å². The molecule has 2 aromatic heterocycles. The molecule has 3 nitrogen and oxygen atoms in total. The number of fused-ring (bicyclic) bond motifs is 3. The topological polar surface area (TPSA) is 40.8 Å². The van der Waals surface area contributed by atoms with Crippen LogP contribution in [0.15, 0.2) is 102 Å². The van der Waals surface area contributed by atoms with Crippen LogP contribution in [-0.4, -0.2) is 0 Å². The van der Waals surface area contributed by atoms with Gasteiger partial charge < -0.3 is 4.42 Å². The summed E-state index contributed by atoms with van der Waals surface area (Å²) in [7, 11) is 1.90. The molecule has 6 rings (SSSR count). The van der Waals surface area contributed by atoms with Crippen LogP contribution in [0.5, 0.6) is 0 Å². The van der Waals surface area contributed by atoms with Crippen molar-refractivity contribution in [2.45, 2.75) is 6.92 Å². The van der Waals surface area contributed by atoms with E-state index < -0.39 is 0 Å². The summed E-state index contributed by atoms with van der Waals surface area (Å²) in [6, 6.07) is 31.6. The van der Waals surface area contributed by atoms with Crippen molar-refractivity contribution in [1.29, 1.82) is 5.26 Å². The maximum atomic E-state index is 14.0. The number of hydrogen-bond acceptors (Lipinski definition) is 2. The third-order valence-corrected chi connectivity index (χ3v) is 6.78. The highest BCUT2D eigenvalue weighted by Crippen LogP contribution is 2.40. The Morgan fingerprint density at radius 2 is 1.53 bits per heavy atom. The van der Waals surface area contributed by atoms with E-state index in [-0.39, 0.29) is 5.82 Å². The van der Waals surface area contributed by atoms with Crippen molar-refractivity contribution in [3.8, 4) is 39.6 Å². The Hall–Kier alpha value is -4.75. The molecular weight excluding hydrogens is 447 g/mol. The van der Waals surface area contributed by atoms with Crippen LogP contribution >= 0.6 is 0 Å². The molecule has 0 unspecified atom stereocenters. The minimum atomic E-state index is -0.285. The number of aryl methyl sites for hydroxylation is 2. The third-order valence-electron chi connectivity index (χ3n) is 6.78. The summed E-state index contributed by atoms with van der Waals surface area (Å²) < 4.78 is 22.4. The summed E-state index contributed by atoms with van der Waals surface area (Å²) in [5, 5.41) is 11.8. The van der Waals surface area contributed by atoms with Crippen LogP contribution in [0.2, 0.25) is 0 Å². The van der Waals surface area contributed by atoms with Gasteiger partial charge in [0, 0.05) is 28.5 Å². The Kier molecular flexibility index (Phi) is 5.13. The average Bonchev–Trinajstić information content (AvgIpc) is 3.27. The molecule has 0 amide bonds. The van der Waals surface area contributed by atoms with Gasteiger partial charge in [-0.25, -0.2) is 8.96 Å². The van der Waals surface area contributed by atoms with Crippen molar-refractivity contribution < 1.29 is 13.4 Å². The number of rotatable bonds is 3. The number of pyridine rings is 1. The zero-order valence-electron chi connectivity index (χ0n) is 19.9. The lowest BCUT2D eigenvalue weighted by atomic mass is 9.95. The molecule has 4 heteroatoms. The fourth-order valence-corrected chi connectivity index (χ4v) is 4.92. The van der Waals surface area contributed by atoms with Crippen LogP contribution < -0.4 is 4.57 Å². The molecule has 0 radical (unpaired) electrons. The number of nitriles is 1. The van der Waals surface area contributed by atoms with E-state index in [4.69, 9.17) is 4.42 Å². The summed E-state index contributed by atoms with van der Waals surface area (Å²) in [5.74, 6) is -0.285. The number of halogens is 1. The molecule has 0 bridgehead atoms. The average molecular weight is 470 g/mol. The Balaban J connectivity index is 1.55. The molecule has 0 aliphatic carbocycles. The van der Waals surface area contributed by atoms with Gasteiger partial charge in [0.2, 0.25) is 5.69 Å². The molecule has 0 aliphatic heterocycles. The van der Waals surface area contributed by atoms with Crippen molar-refractivity contribution in [3.05, 3.63) is 114 Å². The van der Waals surface area contributed by atoms with Crippen LogP contribution in [0.1, 0.15) is 11.1 Å². The van der Waals surface area contributed by atoms with Crippen molar-refractivity contribution in [2.75, 3.05) is 0 Å². The molecule has 0 fully saturated rings. The number of aromatic nitrogens is 1.